The second-order valence-corrected chi connectivity index (χ2v) is 14.4. The summed E-state index contributed by atoms with van der Waals surface area (Å²) < 4.78 is 6.68. The summed E-state index contributed by atoms with van der Waals surface area (Å²) in [6.07, 6.45) is 1.52. The van der Waals surface area contributed by atoms with E-state index in [0.717, 1.165) is 39.5 Å². The van der Waals surface area contributed by atoms with Gasteiger partial charge in [0.25, 0.3) is 5.56 Å². The summed E-state index contributed by atoms with van der Waals surface area (Å²) in [4.78, 5) is 96.7. The van der Waals surface area contributed by atoms with Crippen LogP contribution >= 0.6 is 0 Å². The lowest BCUT2D eigenvalue weighted by Crippen LogP contribution is -2.62. The number of aliphatic hydroxyl groups excluding tert-OH is 1. The number of hydrogen-bond acceptors (Lipinski definition) is 11. The van der Waals surface area contributed by atoms with E-state index in [1.807, 2.05) is 18.2 Å². The van der Waals surface area contributed by atoms with E-state index >= 15 is 0 Å². The fourth-order valence-corrected chi connectivity index (χ4v) is 7.04. The number of ether oxygens (including phenoxy) is 1. The number of phenols is 1. The number of H-pyrrole nitrogens is 2. The standard InChI is InChI=1S/C39H45N9O11/c1-19(43-38(57)44-28(37(55)56)14-22-16-40-26-9-5-4-8-24(22)26)33(52)46-32(20(2)47(3)35(54)27-13-21-7-6-10-29(49)25(21)18-41-27)34(53)42-17-23-15-30(50)36(59-23)48-12-11-31(51)45-39(48)58/h4-12,16-17,19-20,27-28,30,32,36,40-41,49-50H,13-15,18H2,1-3H3,(H,42,53)(H,46,52)(H,55,56)(H2,43,44,57)(H,45,51,58)/b23-17-/t19-,20+,27+,28+,30+,32-,36-/m1/s1. The van der Waals surface area contributed by atoms with Crippen molar-refractivity contribution >= 4 is 40.6 Å². The number of carboxylic acid groups (broad SMARTS) is 1. The molecule has 2 aliphatic rings. The molecule has 0 saturated carbocycles. The monoisotopic (exact) mass is 815 g/mol. The number of aromatic nitrogens is 3. The van der Waals surface area contributed by atoms with Gasteiger partial charge in [-0.1, -0.05) is 30.3 Å². The Bertz CT molecular complexity index is 2410. The number of carbonyl (C=O) groups excluding carboxylic acids is 4. The van der Waals surface area contributed by atoms with Gasteiger partial charge in [0.05, 0.1) is 12.1 Å². The summed E-state index contributed by atoms with van der Waals surface area (Å²) in [6, 6.07) is 6.51. The van der Waals surface area contributed by atoms with Crippen molar-refractivity contribution in [1.29, 1.82) is 0 Å². The minimum absolute atomic E-state index is 0.0526. The maximum atomic E-state index is 13.9. The van der Waals surface area contributed by atoms with Gasteiger partial charge in [-0.05, 0) is 43.5 Å². The van der Waals surface area contributed by atoms with E-state index in [4.69, 9.17) is 4.74 Å². The number of phenolic OH excluding ortho intramolecular Hbond substituents is 1. The normalized spacial score (nSPS) is 20.0. The molecule has 4 heterocycles. The number of nitrogens with zero attached hydrogens (tertiary/aromatic N) is 2. The minimum atomic E-state index is -1.46. The average molecular weight is 816 g/mol. The molecule has 20 nitrogen and oxygen atoms in total. The molecule has 6 rings (SSSR count). The van der Waals surface area contributed by atoms with Crippen LogP contribution < -0.4 is 37.8 Å². The van der Waals surface area contributed by atoms with Gasteiger partial charge in [0.2, 0.25) is 23.9 Å². The van der Waals surface area contributed by atoms with Gasteiger partial charge in [0.15, 0.2) is 0 Å². The average Bonchev–Trinajstić information content (AvgIpc) is 3.79. The number of aliphatic carboxylic acids is 1. The number of nitrogens with one attached hydrogen (secondary N) is 7. The van der Waals surface area contributed by atoms with Gasteiger partial charge in [-0.25, -0.2) is 14.4 Å². The number of hydrogen-bond donors (Lipinski definition) is 10. The summed E-state index contributed by atoms with van der Waals surface area (Å²) in [5.41, 5.74) is 1.40. The van der Waals surface area contributed by atoms with E-state index < -0.39 is 83.5 Å². The lowest BCUT2D eigenvalue weighted by atomic mass is 9.94. The maximum Gasteiger partial charge on any atom is 0.331 e. The highest BCUT2D eigenvalue weighted by atomic mass is 16.5. The predicted molar refractivity (Wildman–Crippen MR) is 209 cm³/mol. The number of carbonyl (C=O) groups is 5. The van der Waals surface area contributed by atoms with Crippen LogP contribution in [0, 0.1) is 0 Å². The van der Waals surface area contributed by atoms with Crippen LogP contribution in [-0.4, -0.2) is 108 Å². The van der Waals surface area contributed by atoms with Gasteiger partial charge < -0.3 is 56.5 Å². The van der Waals surface area contributed by atoms with Gasteiger partial charge in [0, 0.05) is 67.6 Å². The first-order valence-corrected chi connectivity index (χ1v) is 18.7. The molecular weight excluding hydrogens is 770 g/mol. The van der Waals surface area contributed by atoms with Crippen LogP contribution in [-0.2, 0) is 43.3 Å². The van der Waals surface area contributed by atoms with E-state index in [1.54, 1.807) is 30.5 Å². The minimum Gasteiger partial charge on any atom is -0.508 e. The Labute approximate surface area is 335 Å². The van der Waals surface area contributed by atoms with E-state index in [1.165, 1.54) is 25.8 Å². The summed E-state index contributed by atoms with van der Waals surface area (Å²) in [5.74, 6) is -3.26. The Morgan fingerprint density at radius 3 is 2.51 bits per heavy atom. The number of para-hydroxylation sites is 1. The highest BCUT2D eigenvalue weighted by Crippen LogP contribution is 2.30. The molecular formula is C39H45N9O11. The molecule has 20 heteroatoms. The highest BCUT2D eigenvalue weighted by Gasteiger charge is 2.37. The summed E-state index contributed by atoms with van der Waals surface area (Å²) in [6.45, 7) is 3.06. The van der Waals surface area contributed by atoms with Gasteiger partial charge in [0.1, 0.15) is 35.7 Å². The molecule has 59 heavy (non-hydrogen) atoms. The number of amides is 5. The largest absolute Gasteiger partial charge is 0.508 e. The summed E-state index contributed by atoms with van der Waals surface area (Å²) in [5, 5.41) is 44.6. The number of carboxylic acids is 1. The first-order chi connectivity index (χ1) is 28.1. The Balaban J connectivity index is 1.15. The fraction of sp³-hybridized carbons (Fsp3) is 0.359. The number of aliphatic hydroxyl groups is 1. The molecule has 1 fully saturated rings. The third kappa shape index (κ3) is 9.45. The molecule has 4 aromatic rings. The van der Waals surface area contributed by atoms with Gasteiger partial charge >= 0.3 is 17.7 Å². The Morgan fingerprint density at radius 1 is 1.00 bits per heavy atom. The van der Waals surface area contributed by atoms with Crippen molar-refractivity contribution in [2.24, 2.45) is 0 Å². The topological polar surface area (TPSA) is 289 Å². The number of aromatic hydroxyl groups is 1. The molecule has 1 saturated heterocycles. The van der Waals surface area contributed by atoms with Gasteiger partial charge in [-0.15, -0.1) is 0 Å². The molecule has 0 bridgehead atoms. The van der Waals surface area contributed by atoms with Crippen molar-refractivity contribution in [1.82, 2.24) is 46.0 Å². The summed E-state index contributed by atoms with van der Waals surface area (Å²) in [7, 11) is 1.45. The van der Waals surface area contributed by atoms with Crippen LogP contribution in [0.25, 0.3) is 10.9 Å². The molecule has 10 N–H and O–H groups in total. The zero-order valence-electron chi connectivity index (χ0n) is 32.2. The van der Waals surface area contributed by atoms with Crippen LogP contribution in [0.15, 0.2) is 82.5 Å². The maximum absolute atomic E-state index is 13.9. The number of fused-ring (bicyclic) bond motifs is 2. The third-order valence-electron chi connectivity index (χ3n) is 10.5. The van der Waals surface area contributed by atoms with Crippen LogP contribution in [0.1, 0.15) is 43.2 Å². The number of urea groups is 1. The highest BCUT2D eigenvalue weighted by molar-refractivity contribution is 5.94. The van der Waals surface area contributed by atoms with Crippen LogP contribution in [0.5, 0.6) is 5.75 Å². The van der Waals surface area contributed by atoms with Crippen molar-refractivity contribution in [3.63, 3.8) is 0 Å². The van der Waals surface area contributed by atoms with Crippen molar-refractivity contribution in [2.45, 2.75) is 82.2 Å². The SMILES string of the molecule is C[C@@H](NC(=O)N[C@@H](Cc1c[nH]c2ccccc12)C(=O)O)C(=O)N[C@@H](C(=O)N/C=C1/C[C@H](O)[C@H](n2ccc(=O)[nH]c2=O)O1)[C@H](C)N(C)C(=O)[C@@H]1Cc2cccc(O)c2CN1. The smallest absolute Gasteiger partial charge is 0.331 e. The lowest BCUT2D eigenvalue weighted by Gasteiger charge is -2.35. The summed E-state index contributed by atoms with van der Waals surface area (Å²) >= 11 is 0. The molecule has 2 aromatic carbocycles. The molecule has 0 spiro atoms. The van der Waals surface area contributed by atoms with E-state index in [-0.39, 0.29) is 37.3 Å². The zero-order valence-corrected chi connectivity index (χ0v) is 32.2. The van der Waals surface area contributed by atoms with Crippen molar-refractivity contribution in [2.75, 3.05) is 7.05 Å². The third-order valence-corrected chi connectivity index (χ3v) is 10.5. The Morgan fingerprint density at radius 2 is 1.76 bits per heavy atom. The molecule has 2 aliphatic heterocycles. The second kappa shape index (κ2) is 17.7. The molecule has 0 unspecified atom stereocenters. The Hall–Kier alpha value is -6.93. The van der Waals surface area contributed by atoms with Crippen molar-refractivity contribution in [3.05, 3.63) is 110 Å². The van der Waals surface area contributed by atoms with E-state index in [0.29, 0.717) is 11.1 Å². The molecule has 2 aromatic heterocycles. The van der Waals surface area contributed by atoms with E-state index in [2.05, 4.69) is 36.6 Å². The predicted octanol–water partition coefficient (Wildman–Crippen LogP) is -0.609. The van der Waals surface area contributed by atoms with E-state index in [9.17, 15) is 48.9 Å². The fourth-order valence-electron chi connectivity index (χ4n) is 7.04. The first-order valence-electron chi connectivity index (χ1n) is 18.7. The van der Waals surface area contributed by atoms with Crippen LogP contribution in [0.4, 0.5) is 4.79 Å². The quantitative estimate of drug-likeness (QED) is 0.0809. The number of likely N-dealkylation sites (N-methyl/N-ethyl adjacent to an activating group) is 1. The molecule has 312 valence electrons. The molecule has 5 amide bonds. The number of rotatable bonds is 13. The molecule has 7 atom stereocenters. The van der Waals surface area contributed by atoms with Crippen molar-refractivity contribution < 1.29 is 44.0 Å². The van der Waals surface area contributed by atoms with Crippen LogP contribution in [0.2, 0.25) is 0 Å². The van der Waals surface area contributed by atoms with Gasteiger partial charge in [-0.3, -0.25) is 28.7 Å². The lowest BCUT2D eigenvalue weighted by molar-refractivity contribution is -0.139. The number of aromatic amines is 2. The zero-order chi connectivity index (χ0) is 42.5. The first kappa shape index (κ1) is 41.7. The Kier molecular flexibility index (Phi) is 12.5. The second-order valence-electron chi connectivity index (χ2n) is 14.4. The molecule has 0 aliphatic carbocycles. The molecule has 0 radical (unpaired) electrons. The van der Waals surface area contributed by atoms with Gasteiger partial charge in [-0.2, -0.15) is 0 Å². The number of benzene rings is 2. The van der Waals surface area contributed by atoms with Crippen LogP contribution in [0.3, 0.4) is 0 Å². The van der Waals surface area contributed by atoms with Crippen molar-refractivity contribution in [3.8, 4) is 5.75 Å².